The van der Waals surface area contributed by atoms with E-state index in [4.69, 9.17) is 4.74 Å². The normalized spacial score (nSPS) is 20.5. The summed E-state index contributed by atoms with van der Waals surface area (Å²) in [6.07, 6.45) is 5.41. The van der Waals surface area contributed by atoms with Gasteiger partial charge in [-0.2, -0.15) is 0 Å². The van der Waals surface area contributed by atoms with Gasteiger partial charge in [-0.3, -0.25) is 4.90 Å². The van der Waals surface area contributed by atoms with Gasteiger partial charge in [0, 0.05) is 24.2 Å². The van der Waals surface area contributed by atoms with Crippen LogP contribution in [0.2, 0.25) is 0 Å². The Bertz CT molecular complexity index is 1240. The van der Waals surface area contributed by atoms with Crippen LogP contribution in [0.4, 0.5) is 0 Å². The fraction of sp³-hybridized carbons (Fsp3) is 0.267. The lowest BCUT2D eigenvalue weighted by atomic mass is 9.86. The summed E-state index contributed by atoms with van der Waals surface area (Å²) < 4.78 is 6.47. The number of ether oxygens (including phenoxy) is 1. The first-order valence-electron chi connectivity index (χ1n) is 12.0. The molecule has 5 rings (SSSR count). The van der Waals surface area contributed by atoms with Crippen molar-refractivity contribution in [3.05, 3.63) is 95.1 Å². The Kier molecular flexibility index (Phi) is 6.16. The molecular weight excluding hydrogens is 422 g/mol. The molecule has 34 heavy (non-hydrogen) atoms. The zero-order chi connectivity index (χ0) is 23.7. The van der Waals surface area contributed by atoms with E-state index in [2.05, 4.69) is 48.2 Å². The lowest BCUT2D eigenvalue weighted by Gasteiger charge is -2.31. The van der Waals surface area contributed by atoms with Crippen molar-refractivity contribution in [3.8, 4) is 17.2 Å². The van der Waals surface area contributed by atoms with E-state index in [1.54, 1.807) is 24.3 Å². The topological polar surface area (TPSA) is 52.9 Å². The maximum Gasteiger partial charge on any atom is 0.150 e. The standard InChI is InChI=1S/C30H31NO3/c1-20-14-16-31(19-20)15-4-5-22-8-10-23(11-9-22)30-29(24-6-3-7-25(32)17-24)21(2)27-18-26(33)12-13-28(27)34-30/h3-13,17-18,20,30,32-33H,14-16,19H2,1-2H3/b5-4+/t20-,30?/m1/s1. The van der Waals surface area contributed by atoms with Gasteiger partial charge >= 0.3 is 0 Å². The molecule has 4 nitrogen and oxygen atoms in total. The zero-order valence-corrected chi connectivity index (χ0v) is 19.7. The lowest BCUT2D eigenvalue weighted by molar-refractivity contribution is 0.259. The van der Waals surface area contributed by atoms with Gasteiger partial charge in [0.25, 0.3) is 0 Å². The number of hydrogen-bond acceptors (Lipinski definition) is 4. The minimum atomic E-state index is -0.317. The van der Waals surface area contributed by atoms with Gasteiger partial charge in [0.2, 0.25) is 0 Å². The third-order valence-electron chi connectivity index (χ3n) is 6.86. The van der Waals surface area contributed by atoms with Crippen molar-refractivity contribution >= 4 is 17.2 Å². The molecule has 2 N–H and O–H groups in total. The van der Waals surface area contributed by atoms with Gasteiger partial charge < -0.3 is 14.9 Å². The molecule has 0 amide bonds. The molecule has 3 aromatic rings. The highest BCUT2D eigenvalue weighted by Crippen LogP contribution is 2.47. The molecule has 0 bridgehead atoms. The highest BCUT2D eigenvalue weighted by Gasteiger charge is 2.29. The van der Waals surface area contributed by atoms with E-state index in [0.29, 0.717) is 0 Å². The predicted octanol–water partition coefficient (Wildman–Crippen LogP) is 6.52. The average Bonchev–Trinajstić information content (AvgIpc) is 3.25. The first-order valence-corrected chi connectivity index (χ1v) is 12.0. The van der Waals surface area contributed by atoms with E-state index in [0.717, 1.165) is 51.6 Å². The number of benzene rings is 3. The van der Waals surface area contributed by atoms with E-state index in [-0.39, 0.29) is 17.6 Å². The first-order chi connectivity index (χ1) is 16.5. The Morgan fingerprint density at radius 1 is 1.00 bits per heavy atom. The van der Waals surface area contributed by atoms with Crippen molar-refractivity contribution in [3.63, 3.8) is 0 Å². The zero-order valence-electron chi connectivity index (χ0n) is 19.7. The highest BCUT2D eigenvalue weighted by atomic mass is 16.5. The van der Waals surface area contributed by atoms with Crippen molar-refractivity contribution in [1.82, 2.24) is 4.90 Å². The summed E-state index contributed by atoms with van der Waals surface area (Å²) in [5.41, 5.74) is 5.99. The molecule has 2 aliphatic heterocycles. The number of phenolic OH excluding ortho intramolecular Hbond substituents is 2. The quantitative estimate of drug-likeness (QED) is 0.462. The lowest BCUT2D eigenvalue weighted by Crippen LogP contribution is -2.19. The minimum absolute atomic E-state index is 0.204. The maximum atomic E-state index is 10.1. The number of nitrogens with zero attached hydrogens (tertiary/aromatic N) is 1. The van der Waals surface area contributed by atoms with Crippen LogP contribution in [-0.2, 0) is 0 Å². The third kappa shape index (κ3) is 4.59. The second-order valence-electron chi connectivity index (χ2n) is 9.49. The van der Waals surface area contributed by atoms with E-state index in [9.17, 15) is 10.2 Å². The molecule has 0 spiro atoms. The van der Waals surface area contributed by atoms with Gasteiger partial charge in [-0.05, 0) is 78.4 Å². The van der Waals surface area contributed by atoms with Crippen molar-refractivity contribution in [2.75, 3.05) is 19.6 Å². The summed E-state index contributed by atoms with van der Waals surface area (Å²) in [6.45, 7) is 7.73. The van der Waals surface area contributed by atoms with Gasteiger partial charge in [-0.1, -0.05) is 55.5 Å². The molecular formula is C30H31NO3. The van der Waals surface area contributed by atoms with Crippen LogP contribution < -0.4 is 4.74 Å². The van der Waals surface area contributed by atoms with Crippen LogP contribution in [0.3, 0.4) is 0 Å². The van der Waals surface area contributed by atoms with Crippen molar-refractivity contribution in [2.45, 2.75) is 26.4 Å². The third-order valence-corrected chi connectivity index (χ3v) is 6.86. The molecule has 1 saturated heterocycles. The Hall–Kier alpha value is -3.50. The van der Waals surface area contributed by atoms with Crippen LogP contribution in [0.1, 0.15) is 48.6 Å². The van der Waals surface area contributed by atoms with Crippen LogP contribution >= 0.6 is 0 Å². The Labute approximate surface area is 201 Å². The van der Waals surface area contributed by atoms with Crippen LogP contribution in [0.5, 0.6) is 17.2 Å². The number of allylic oxidation sites excluding steroid dienone is 1. The number of hydrogen-bond donors (Lipinski definition) is 2. The van der Waals surface area contributed by atoms with Crippen molar-refractivity contribution in [1.29, 1.82) is 0 Å². The minimum Gasteiger partial charge on any atom is -0.508 e. The Morgan fingerprint density at radius 2 is 1.79 bits per heavy atom. The van der Waals surface area contributed by atoms with Gasteiger partial charge in [0.05, 0.1) is 0 Å². The summed E-state index contributed by atoms with van der Waals surface area (Å²) in [5.74, 6) is 1.96. The van der Waals surface area contributed by atoms with Crippen molar-refractivity contribution in [2.24, 2.45) is 5.92 Å². The fourth-order valence-corrected chi connectivity index (χ4v) is 5.03. The summed E-state index contributed by atoms with van der Waals surface area (Å²) >= 11 is 0. The van der Waals surface area contributed by atoms with Gasteiger partial charge in [-0.25, -0.2) is 0 Å². The molecule has 0 aliphatic carbocycles. The SMILES string of the molecule is CC1=C(c2cccc(O)c2)C(c2ccc(/C=C/CN3CC[C@@H](C)C3)cc2)Oc2ccc(O)cc21. The number of aromatic hydroxyl groups is 2. The summed E-state index contributed by atoms with van der Waals surface area (Å²) in [4.78, 5) is 2.50. The number of rotatable bonds is 5. The van der Waals surface area contributed by atoms with Gasteiger partial charge in [0.1, 0.15) is 23.4 Å². The summed E-state index contributed by atoms with van der Waals surface area (Å²) in [7, 11) is 0. The van der Waals surface area contributed by atoms with E-state index in [1.807, 2.05) is 25.1 Å². The smallest absolute Gasteiger partial charge is 0.150 e. The molecule has 2 aliphatic rings. The molecule has 174 valence electrons. The molecule has 4 heteroatoms. The molecule has 0 aromatic heterocycles. The van der Waals surface area contributed by atoms with Crippen LogP contribution in [-0.4, -0.2) is 34.7 Å². The monoisotopic (exact) mass is 453 g/mol. The maximum absolute atomic E-state index is 10.1. The summed E-state index contributed by atoms with van der Waals surface area (Å²) in [6, 6.07) is 20.9. The van der Waals surface area contributed by atoms with E-state index >= 15 is 0 Å². The van der Waals surface area contributed by atoms with Gasteiger partial charge in [0.15, 0.2) is 0 Å². The number of fused-ring (bicyclic) bond motifs is 1. The molecule has 2 heterocycles. The van der Waals surface area contributed by atoms with Crippen molar-refractivity contribution < 1.29 is 14.9 Å². The fourth-order valence-electron chi connectivity index (χ4n) is 5.03. The second-order valence-corrected chi connectivity index (χ2v) is 9.49. The molecule has 0 saturated carbocycles. The Balaban J connectivity index is 1.44. The Morgan fingerprint density at radius 3 is 2.53 bits per heavy atom. The average molecular weight is 454 g/mol. The number of phenols is 2. The van der Waals surface area contributed by atoms with Crippen LogP contribution in [0.25, 0.3) is 17.2 Å². The van der Waals surface area contributed by atoms with Gasteiger partial charge in [-0.15, -0.1) is 0 Å². The molecule has 1 fully saturated rings. The molecule has 3 aromatic carbocycles. The molecule has 1 unspecified atom stereocenters. The molecule has 2 atom stereocenters. The summed E-state index contributed by atoms with van der Waals surface area (Å²) in [5, 5.41) is 20.2. The van der Waals surface area contributed by atoms with E-state index in [1.165, 1.54) is 19.5 Å². The largest absolute Gasteiger partial charge is 0.508 e. The van der Waals surface area contributed by atoms with Crippen LogP contribution in [0, 0.1) is 5.92 Å². The van der Waals surface area contributed by atoms with E-state index < -0.39 is 0 Å². The molecule has 0 radical (unpaired) electrons. The predicted molar refractivity (Wildman–Crippen MR) is 138 cm³/mol. The second kappa shape index (κ2) is 9.40. The number of likely N-dealkylation sites (tertiary alicyclic amines) is 1. The van der Waals surface area contributed by atoms with Crippen LogP contribution in [0.15, 0.2) is 72.8 Å². The first kappa shape index (κ1) is 22.3. The highest BCUT2D eigenvalue weighted by molar-refractivity contribution is 5.95.